The van der Waals surface area contributed by atoms with Gasteiger partial charge in [0.25, 0.3) is 0 Å². The second-order valence-corrected chi connectivity index (χ2v) is 7.35. The van der Waals surface area contributed by atoms with Crippen LogP contribution in [0.25, 0.3) is 5.70 Å². The fourth-order valence-corrected chi connectivity index (χ4v) is 3.67. The molecule has 4 rings (SSSR count). The van der Waals surface area contributed by atoms with Crippen LogP contribution in [-0.2, 0) is 0 Å². The van der Waals surface area contributed by atoms with E-state index in [0.717, 1.165) is 16.8 Å². The van der Waals surface area contributed by atoms with Crippen molar-refractivity contribution in [3.05, 3.63) is 63.5 Å². The van der Waals surface area contributed by atoms with Gasteiger partial charge in [-0.25, -0.2) is 4.68 Å². The molecule has 0 fully saturated rings. The van der Waals surface area contributed by atoms with E-state index in [4.69, 9.17) is 14.2 Å². The second kappa shape index (κ2) is 7.70. The molecule has 7 nitrogen and oxygen atoms in total. The number of rotatable bonds is 5. The summed E-state index contributed by atoms with van der Waals surface area (Å²) in [6, 6.07) is 11.9. The lowest BCUT2D eigenvalue weighted by Crippen LogP contribution is -2.21. The van der Waals surface area contributed by atoms with Gasteiger partial charge in [0.1, 0.15) is 12.4 Å². The van der Waals surface area contributed by atoms with Gasteiger partial charge in [-0.2, -0.15) is 10.1 Å². The Morgan fingerprint density at radius 3 is 2.39 bits per heavy atom. The molecule has 2 aromatic carbocycles. The van der Waals surface area contributed by atoms with Crippen LogP contribution in [0.15, 0.2) is 48.8 Å². The number of ether oxygens (including phenoxy) is 3. The molecule has 0 saturated carbocycles. The summed E-state index contributed by atoms with van der Waals surface area (Å²) in [7, 11) is 4.82. The average Bonchev–Trinajstić information content (AvgIpc) is 3.21. The number of aromatic nitrogens is 3. The van der Waals surface area contributed by atoms with Crippen molar-refractivity contribution in [2.24, 2.45) is 0 Å². The summed E-state index contributed by atoms with van der Waals surface area (Å²) in [5.74, 6) is 2.43. The molecule has 144 valence electrons. The Morgan fingerprint density at radius 2 is 1.71 bits per heavy atom. The maximum atomic E-state index is 5.69. The number of hydrogen-bond acceptors (Lipinski definition) is 6. The van der Waals surface area contributed by atoms with Crippen molar-refractivity contribution in [3.8, 4) is 17.2 Å². The zero-order chi connectivity index (χ0) is 19.7. The number of nitrogens with one attached hydrogen (secondary N) is 1. The van der Waals surface area contributed by atoms with Crippen LogP contribution in [0.2, 0.25) is 0 Å². The van der Waals surface area contributed by atoms with Gasteiger partial charge in [-0.3, -0.25) is 0 Å². The summed E-state index contributed by atoms with van der Waals surface area (Å²) in [5.41, 5.74) is 2.93. The van der Waals surface area contributed by atoms with E-state index in [0.29, 0.717) is 23.2 Å². The van der Waals surface area contributed by atoms with Gasteiger partial charge in [0, 0.05) is 14.8 Å². The molecule has 1 atom stereocenters. The summed E-state index contributed by atoms with van der Waals surface area (Å²) in [5, 5.41) is 7.75. The van der Waals surface area contributed by atoms with Crippen LogP contribution in [0.5, 0.6) is 17.2 Å². The van der Waals surface area contributed by atoms with Crippen LogP contribution in [-0.4, -0.2) is 36.1 Å². The Balaban J connectivity index is 1.87. The van der Waals surface area contributed by atoms with Crippen molar-refractivity contribution in [2.45, 2.75) is 6.04 Å². The van der Waals surface area contributed by atoms with Gasteiger partial charge in [0.15, 0.2) is 11.5 Å². The van der Waals surface area contributed by atoms with Gasteiger partial charge >= 0.3 is 0 Å². The lowest BCUT2D eigenvalue weighted by atomic mass is 10.00. The summed E-state index contributed by atoms with van der Waals surface area (Å²) in [4.78, 5) is 4.36. The lowest BCUT2D eigenvalue weighted by molar-refractivity contribution is 0.320. The molecule has 1 unspecified atom stereocenters. The Bertz CT molecular complexity index is 1030. The van der Waals surface area contributed by atoms with Crippen LogP contribution in [0.4, 0.5) is 5.95 Å². The smallest absolute Gasteiger partial charge is 0.226 e. The highest BCUT2D eigenvalue weighted by atomic mass is 127. The summed E-state index contributed by atoms with van der Waals surface area (Å²) in [6.45, 7) is 0. The molecule has 0 saturated heterocycles. The van der Waals surface area contributed by atoms with E-state index in [9.17, 15) is 0 Å². The number of hydrogen-bond donors (Lipinski definition) is 1. The van der Waals surface area contributed by atoms with Gasteiger partial charge in [-0.15, -0.1) is 0 Å². The zero-order valence-electron chi connectivity index (χ0n) is 15.6. The largest absolute Gasteiger partial charge is 0.493 e. The topological polar surface area (TPSA) is 70.4 Å². The van der Waals surface area contributed by atoms with Crippen molar-refractivity contribution in [1.82, 2.24) is 14.8 Å². The van der Waals surface area contributed by atoms with Crippen molar-refractivity contribution in [1.29, 1.82) is 0 Å². The third-order valence-electron chi connectivity index (χ3n) is 4.62. The lowest BCUT2D eigenvalue weighted by Gasteiger charge is -2.26. The Kier molecular flexibility index (Phi) is 5.12. The molecule has 28 heavy (non-hydrogen) atoms. The quantitative estimate of drug-likeness (QED) is 0.547. The summed E-state index contributed by atoms with van der Waals surface area (Å²) >= 11 is 2.30. The van der Waals surface area contributed by atoms with Gasteiger partial charge in [0.2, 0.25) is 11.7 Å². The minimum absolute atomic E-state index is 0.220. The van der Waals surface area contributed by atoms with Crippen molar-refractivity contribution >= 4 is 34.2 Å². The van der Waals surface area contributed by atoms with Crippen molar-refractivity contribution in [2.75, 3.05) is 26.6 Å². The zero-order valence-corrected chi connectivity index (χ0v) is 17.8. The van der Waals surface area contributed by atoms with Crippen molar-refractivity contribution < 1.29 is 14.2 Å². The van der Waals surface area contributed by atoms with Crippen LogP contribution >= 0.6 is 22.6 Å². The van der Waals surface area contributed by atoms with Crippen LogP contribution in [0, 0.1) is 3.57 Å². The van der Waals surface area contributed by atoms with E-state index in [2.05, 4.69) is 68.3 Å². The Hall–Kier alpha value is -2.75. The third-order valence-corrected chi connectivity index (χ3v) is 5.34. The molecule has 0 spiro atoms. The molecule has 2 heterocycles. The van der Waals surface area contributed by atoms with E-state index in [-0.39, 0.29) is 6.04 Å². The van der Waals surface area contributed by atoms with Crippen LogP contribution in [0.3, 0.4) is 0 Å². The average molecular weight is 490 g/mol. The van der Waals surface area contributed by atoms with Gasteiger partial charge in [-0.05, 0) is 58.5 Å². The molecular weight excluding hydrogens is 471 g/mol. The van der Waals surface area contributed by atoms with Gasteiger partial charge < -0.3 is 19.5 Å². The molecule has 8 heteroatoms. The first-order valence-electron chi connectivity index (χ1n) is 8.59. The normalized spacial score (nSPS) is 15.3. The second-order valence-electron chi connectivity index (χ2n) is 6.11. The molecule has 0 aliphatic carbocycles. The molecule has 3 aromatic rings. The minimum Gasteiger partial charge on any atom is -0.493 e. The fourth-order valence-electron chi connectivity index (χ4n) is 3.31. The maximum absolute atomic E-state index is 5.69. The fraction of sp³-hybridized carbons (Fsp3) is 0.200. The minimum atomic E-state index is -0.220. The van der Waals surface area contributed by atoms with Gasteiger partial charge in [-0.1, -0.05) is 12.1 Å². The molecule has 1 aromatic heterocycles. The van der Waals surface area contributed by atoms with E-state index < -0.39 is 0 Å². The molecule has 1 aliphatic heterocycles. The number of fused-ring (bicyclic) bond motifs is 1. The molecular formula is C20H19IN4O3. The van der Waals surface area contributed by atoms with Crippen LogP contribution in [0.1, 0.15) is 17.2 Å². The van der Waals surface area contributed by atoms with Gasteiger partial charge in [0.05, 0.1) is 21.3 Å². The number of benzene rings is 2. The van der Waals surface area contributed by atoms with Crippen LogP contribution < -0.4 is 19.5 Å². The standard InChI is InChI=1S/C20H19IN4O3/c1-26-17-9-8-14(18(27-2)19(17)28-3)16-10-15(12-4-6-13(21)7-5-12)24-20-22-11-23-25(16)20/h4-11,16H,1-3H3,(H,22,23,24). The number of nitrogens with zero attached hydrogens (tertiary/aromatic N) is 3. The van der Waals surface area contributed by atoms with E-state index in [1.54, 1.807) is 21.3 Å². The number of anilines is 1. The Morgan fingerprint density at radius 1 is 0.964 bits per heavy atom. The summed E-state index contributed by atoms with van der Waals surface area (Å²) in [6.07, 6.45) is 3.64. The van der Waals surface area contributed by atoms with Crippen molar-refractivity contribution in [3.63, 3.8) is 0 Å². The van der Waals surface area contributed by atoms with E-state index in [1.807, 2.05) is 16.8 Å². The SMILES string of the molecule is COc1ccc(C2C=C(c3ccc(I)cc3)Nc3ncnn32)c(OC)c1OC. The predicted octanol–water partition coefficient (Wildman–Crippen LogP) is 3.96. The third kappa shape index (κ3) is 3.17. The highest BCUT2D eigenvalue weighted by Gasteiger charge is 2.28. The highest BCUT2D eigenvalue weighted by Crippen LogP contribution is 2.45. The predicted molar refractivity (Wildman–Crippen MR) is 115 cm³/mol. The first kappa shape index (κ1) is 18.6. The molecule has 1 N–H and O–H groups in total. The highest BCUT2D eigenvalue weighted by molar-refractivity contribution is 14.1. The molecule has 0 amide bonds. The summed E-state index contributed by atoms with van der Waals surface area (Å²) < 4.78 is 19.7. The molecule has 1 aliphatic rings. The first-order chi connectivity index (χ1) is 13.7. The molecule has 0 radical (unpaired) electrons. The monoisotopic (exact) mass is 490 g/mol. The number of halogens is 1. The maximum Gasteiger partial charge on any atom is 0.226 e. The number of methoxy groups -OCH3 is 3. The molecule has 0 bridgehead atoms. The first-order valence-corrected chi connectivity index (χ1v) is 9.67. The van der Waals surface area contributed by atoms with E-state index >= 15 is 0 Å². The number of allylic oxidation sites excluding steroid dienone is 1. The van der Waals surface area contributed by atoms with E-state index in [1.165, 1.54) is 9.90 Å². The Labute approximate surface area is 176 Å².